The summed E-state index contributed by atoms with van der Waals surface area (Å²) in [6, 6.07) is 8.81. The Kier molecular flexibility index (Phi) is 6.13. The van der Waals surface area contributed by atoms with Gasteiger partial charge in [-0.25, -0.2) is 0 Å². The number of likely N-dealkylation sites (tertiary alicyclic amines) is 1. The monoisotopic (exact) mass is 344 g/mol. The van der Waals surface area contributed by atoms with Crippen LogP contribution in [0.2, 0.25) is 0 Å². The lowest BCUT2D eigenvalue weighted by Gasteiger charge is -2.34. The van der Waals surface area contributed by atoms with Crippen molar-refractivity contribution in [1.82, 2.24) is 10.2 Å². The Hall–Kier alpha value is -1.39. The smallest absolute Gasteiger partial charge is 0.223 e. The third-order valence-corrected chi connectivity index (χ3v) is 5.88. The van der Waals surface area contributed by atoms with Crippen molar-refractivity contribution in [1.29, 1.82) is 0 Å². The van der Waals surface area contributed by atoms with Gasteiger partial charge in [0.15, 0.2) is 0 Å². The molecule has 1 aromatic rings. The third kappa shape index (κ3) is 5.29. The number of hydrogen-bond donors (Lipinski definition) is 2. The van der Waals surface area contributed by atoms with E-state index in [1.165, 1.54) is 17.5 Å². The fraction of sp³-hybridized carbons (Fsp3) is 0.667. The van der Waals surface area contributed by atoms with Crippen molar-refractivity contribution in [2.45, 2.75) is 76.5 Å². The third-order valence-electron chi connectivity index (χ3n) is 5.88. The first kappa shape index (κ1) is 18.4. The highest BCUT2D eigenvalue weighted by atomic mass is 16.3. The zero-order valence-corrected chi connectivity index (χ0v) is 15.5. The first-order chi connectivity index (χ1) is 12.0. The van der Waals surface area contributed by atoms with Crippen molar-refractivity contribution >= 4 is 5.91 Å². The number of hydrogen-bond acceptors (Lipinski definition) is 3. The average Bonchev–Trinajstić information content (AvgIpc) is 2.59. The van der Waals surface area contributed by atoms with Crippen LogP contribution < -0.4 is 5.32 Å². The Balaban J connectivity index is 1.41. The number of amides is 1. The summed E-state index contributed by atoms with van der Waals surface area (Å²) in [5, 5.41) is 13.7. The topological polar surface area (TPSA) is 52.6 Å². The van der Waals surface area contributed by atoms with Crippen molar-refractivity contribution in [3.05, 3.63) is 35.4 Å². The van der Waals surface area contributed by atoms with Crippen LogP contribution in [0.3, 0.4) is 0 Å². The maximum atomic E-state index is 12.3. The van der Waals surface area contributed by atoms with Gasteiger partial charge in [0.1, 0.15) is 0 Å². The quantitative estimate of drug-likeness (QED) is 0.863. The Morgan fingerprint density at radius 3 is 2.56 bits per heavy atom. The van der Waals surface area contributed by atoms with Gasteiger partial charge in [-0.05, 0) is 43.7 Å². The zero-order valence-electron chi connectivity index (χ0n) is 15.5. The largest absolute Gasteiger partial charge is 0.389 e. The molecule has 0 atom stereocenters. The molecule has 0 spiro atoms. The molecule has 2 N–H and O–H groups in total. The van der Waals surface area contributed by atoms with Gasteiger partial charge in [0.25, 0.3) is 0 Å². The van der Waals surface area contributed by atoms with Crippen LogP contribution in [0.1, 0.15) is 62.5 Å². The van der Waals surface area contributed by atoms with Gasteiger partial charge in [-0.2, -0.15) is 0 Å². The molecule has 3 rings (SSSR count). The van der Waals surface area contributed by atoms with E-state index in [1.54, 1.807) is 0 Å². The molecule has 0 aromatic heterocycles. The Bertz CT molecular complexity index is 573. The van der Waals surface area contributed by atoms with Crippen LogP contribution in [0.25, 0.3) is 0 Å². The van der Waals surface area contributed by atoms with Crippen LogP contribution in [-0.2, 0) is 11.3 Å². The fourth-order valence-electron chi connectivity index (χ4n) is 4.23. The summed E-state index contributed by atoms with van der Waals surface area (Å²) in [4.78, 5) is 14.8. The van der Waals surface area contributed by atoms with Crippen molar-refractivity contribution in [3.63, 3.8) is 0 Å². The lowest BCUT2D eigenvalue weighted by Crippen LogP contribution is -2.46. The maximum Gasteiger partial charge on any atom is 0.223 e. The number of carbonyl (C=O) groups is 1. The normalized spacial score (nSPS) is 21.8. The van der Waals surface area contributed by atoms with Gasteiger partial charge < -0.3 is 10.4 Å². The molecule has 1 amide bonds. The minimum absolute atomic E-state index is 0.0294. The van der Waals surface area contributed by atoms with E-state index in [9.17, 15) is 9.90 Å². The molecule has 0 unspecified atom stereocenters. The molecular formula is C21H32N2O2. The van der Waals surface area contributed by atoms with Gasteiger partial charge in [-0.3, -0.25) is 9.69 Å². The zero-order chi connectivity index (χ0) is 17.7. The Labute approximate surface area is 151 Å². The van der Waals surface area contributed by atoms with E-state index in [2.05, 4.69) is 41.4 Å². The Morgan fingerprint density at radius 1 is 1.20 bits per heavy atom. The first-order valence-electron chi connectivity index (χ1n) is 9.83. The van der Waals surface area contributed by atoms with E-state index in [1.807, 2.05) is 0 Å². The van der Waals surface area contributed by atoms with E-state index in [0.717, 1.165) is 58.2 Å². The highest BCUT2D eigenvalue weighted by Crippen LogP contribution is 2.30. The molecule has 2 aliphatic rings. The van der Waals surface area contributed by atoms with Crippen LogP contribution in [-0.4, -0.2) is 40.6 Å². The highest BCUT2D eigenvalue weighted by molar-refractivity contribution is 5.77. The van der Waals surface area contributed by atoms with Crippen LogP contribution in [0.4, 0.5) is 0 Å². The van der Waals surface area contributed by atoms with E-state index < -0.39 is 5.60 Å². The molecule has 1 aliphatic heterocycles. The van der Waals surface area contributed by atoms with Crippen molar-refractivity contribution in [2.24, 2.45) is 0 Å². The average molecular weight is 344 g/mol. The van der Waals surface area contributed by atoms with Gasteiger partial charge in [0.05, 0.1) is 12.0 Å². The summed E-state index contributed by atoms with van der Waals surface area (Å²) in [5.74, 6) is 0.0294. The van der Waals surface area contributed by atoms with Crippen LogP contribution in [0, 0.1) is 6.92 Å². The maximum absolute atomic E-state index is 12.3. The number of piperidine rings is 1. The molecule has 4 heteroatoms. The predicted molar refractivity (Wildman–Crippen MR) is 100 cm³/mol. The fourth-order valence-corrected chi connectivity index (χ4v) is 4.23. The predicted octanol–water partition coefficient (Wildman–Crippen LogP) is 3.16. The molecule has 0 bridgehead atoms. The highest BCUT2D eigenvalue weighted by Gasteiger charge is 2.32. The van der Waals surface area contributed by atoms with Gasteiger partial charge in [-0.15, -0.1) is 0 Å². The van der Waals surface area contributed by atoms with Crippen LogP contribution in [0.5, 0.6) is 0 Å². The molecule has 1 aromatic carbocycles. The second-order valence-corrected chi connectivity index (χ2v) is 8.01. The summed E-state index contributed by atoms with van der Waals surface area (Å²) >= 11 is 0. The Morgan fingerprint density at radius 2 is 1.88 bits per heavy atom. The van der Waals surface area contributed by atoms with Crippen molar-refractivity contribution in [2.75, 3.05) is 13.1 Å². The summed E-state index contributed by atoms with van der Waals surface area (Å²) < 4.78 is 0. The SMILES string of the molecule is Cc1ccccc1CN1CCC(NC(=O)CC2(O)CCCCC2)CC1. The molecule has 1 saturated heterocycles. The minimum Gasteiger partial charge on any atom is -0.389 e. The molecular weight excluding hydrogens is 312 g/mol. The molecule has 4 nitrogen and oxygen atoms in total. The molecule has 25 heavy (non-hydrogen) atoms. The minimum atomic E-state index is -0.756. The second-order valence-electron chi connectivity index (χ2n) is 8.01. The number of aryl methyl sites for hydroxylation is 1. The van der Waals surface area contributed by atoms with Gasteiger partial charge in [0.2, 0.25) is 5.91 Å². The lowest BCUT2D eigenvalue weighted by atomic mass is 9.82. The summed E-state index contributed by atoms with van der Waals surface area (Å²) in [6.45, 7) is 5.19. The molecule has 0 radical (unpaired) electrons. The van der Waals surface area contributed by atoms with E-state index >= 15 is 0 Å². The standard InChI is InChI=1S/C21H32N2O2/c1-17-7-3-4-8-18(17)16-23-13-9-19(10-14-23)22-20(24)15-21(25)11-5-2-6-12-21/h3-4,7-8,19,25H,2,5-6,9-16H2,1H3,(H,22,24). The molecule has 2 fully saturated rings. The number of carbonyl (C=O) groups excluding carboxylic acids is 1. The van der Waals surface area contributed by atoms with Gasteiger partial charge in [-0.1, -0.05) is 43.5 Å². The van der Waals surface area contributed by atoms with Crippen LogP contribution in [0.15, 0.2) is 24.3 Å². The molecule has 1 heterocycles. The van der Waals surface area contributed by atoms with Gasteiger partial charge in [0, 0.05) is 25.7 Å². The summed E-state index contributed by atoms with van der Waals surface area (Å²) in [7, 11) is 0. The van der Waals surface area contributed by atoms with E-state index in [4.69, 9.17) is 0 Å². The number of nitrogens with one attached hydrogen (secondary N) is 1. The lowest BCUT2D eigenvalue weighted by molar-refractivity contribution is -0.128. The number of rotatable bonds is 5. The van der Waals surface area contributed by atoms with E-state index in [0.29, 0.717) is 0 Å². The summed E-state index contributed by atoms with van der Waals surface area (Å²) in [5.41, 5.74) is 1.98. The first-order valence-corrected chi connectivity index (χ1v) is 9.83. The van der Waals surface area contributed by atoms with Crippen molar-refractivity contribution in [3.8, 4) is 0 Å². The van der Waals surface area contributed by atoms with Gasteiger partial charge >= 0.3 is 0 Å². The number of nitrogens with zero attached hydrogens (tertiary/aromatic N) is 1. The van der Waals surface area contributed by atoms with E-state index in [-0.39, 0.29) is 18.4 Å². The van der Waals surface area contributed by atoms with Crippen LogP contribution >= 0.6 is 0 Å². The summed E-state index contributed by atoms with van der Waals surface area (Å²) in [6.07, 6.45) is 7.08. The number of aliphatic hydroxyl groups is 1. The van der Waals surface area contributed by atoms with Crippen molar-refractivity contribution < 1.29 is 9.90 Å². The number of benzene rings is 1. The molecule has 1 aliphatic carbocycles. The molecule has 1 saturated carbocycles. The second kappa shape index (κ2) is 8.33. The molecule has 138 valence electrons.